The first-order valence-electron chi connectivity index (χ1n) is 6.90. The highest BCUT2D eigenvalue weighted by Crippen LogP contribution is 2.54. The van der Waals surface area contributed by atoms with Crippen LogP contribution >= 0.6 is 0 Å². The number of hydrogen-bond acceptors (Lipinski definition) is 1. The van der Waals surface area contributed by atoms with E-state index >= 15 is 0 Å². The van der Waals surface area contributed by atoms with Crippen LogP contribution in [-0.4, -0.2) is 35.9 Å². The smallest absolute Gasteiger partial charge is 0.407 e. The summed E-state index contributed by atoms with van der Waals surface area (Å²) in [6.45, 7) is 11.3. The summed E-state index contributed by atoms with van der Waals surface area (Å²) in [5, 5.41) is 8.95. The third-order valence-electron chi connectivity index (χ3n) is 5.38. The molecule has 4 heteroatoms. The highest BCUT2D eigenvalue weighted by molar-refractivity contribution is 6.68. The number of carbonyl (C=O) groups is 1. The summed E-state index contributed by atoms with van der Waals surface area (Å²) in [5.74, 6) is 0. The van der Waals surface area contributed by atoms with Gasteiger partial charge in [0.1, 0.15) is 0 Å². The lowest BCUT2D eigenvalue weighted by Crippen LogP contribution is -2.35. The molecular formula is C14H24BNO2. The van der Waals surface area contributed by atoms with Gasteiger partial charge in [-0.05, 0) is 17.3 Å². The molecule has 2 aliphatic rings. The number of amides is 1. The van der Waals surface area contributed by atoms with Crippen molar-refractivity contribution in [1.82, 2.24) is 4.90 Å². The number of hydrogen-bond donors (Lipinski definition) is 1. The van der Waals surface area contributed by atoms with E-state index < -0.39 is 6.09 Å². The zero-order valence-electron chi connectivity index (χ0n) is 12.0. The van der Waals surface area contributed by atoms with Crippen molar-refractivity contribution in [3.05, 3.63) is 11.5 Å². The number of rotatable bonds is 1. The van der Waals surface area contributed by atoms with E-state index in [0.29, 0.717) is 30.6 Å². The van der Waals surface area contributed by atoms with Crippen molar-refractivity contribution in [3.8, 4) is 0 Å². The van der Waals surface area contributed by atoms with E-state index in [9.17, 15) is 4.79 Å². The molecule has 3 nitrogen and oxygen atoms in total. The van der Waals surface area contributed by atoms with Gasteiger partial charge in [0.2, 0.25) is 0 Å². The highest BCUT2D eigenvalue weighted by atomic mass is 16.4. The third-order valence-corrected chi connectivity index (χ3v) is 5.38. The summed E-state index contributed by atoms with van der Waals surface area (Å²) in [5.41, 5.74) is 2.25. The molecule has 1 fully saturated rings. The summed E-state index contributed by atoms with van der Waals surface area (Å²) in [6, 6.07) is 0. The molecule has 0 aromatic rings. The Morgan fingerprint density at radius 2 is 1.83 bits per heavy atom. The van der Waals surface area contributed by atoms with Gasteiger partial charge in [0, 0.05) is 13.1 Å². The fraction of sp³-hybridized carbons (Fsp3) is 0.786. The van der Waals surface area contributed by atoms with Crippen molar-refractivity contribution in [3.63, 3.8) is 0 Å². The summed E-state index contributed by atoms with van der Waals surface area (Å²) < 4.78 is 0. The zero-order valence-corrected chi connectivity index (χ0v) is 12.0. The highest BCUT2D eigenvalue weighted by Gasteiger charge is 2.48. The fourth-order valence-electron chi connectivity index (χ4n) is 3.35. The van der Waals surface area contributed by atoms with Crippen LogP contribution in [-0.2, 0) is 0 Å². The molecule has 2 heterocycles. The van der Waals surface area contributed by atoms with Crippen molar-refractivity contribution in [2.24, 2.45) is 10.8 Å². The van der Waals surface area contributed by atoms with Crippen LogP contribution in [0.1, 0.15) is 34.1 Å². The maximum absolute atomic E-state index is 10.9. The molecule has 0 aromatic carbocycles. The SMILES string of the molecule is CC1(C)CB(C2=CCN(C(=O)O)CC2)CC1(C)C. The standard InChI is InChI=1S/C14H24BNO2/c1-13(2)9-15(10-14(13,3)4)11-5-7-16(8-6-11)12(17)18/h5H,6-10H2,1-4H3,(H,17,18). The largest absolute Gasteiger partial charge is 0.465 e. The Hall–Kier alpha value is -0.925. The molecule has 2 aliphatic heterocycles. The van der Waals surface area contributed by atoms with Crippen molar-refractivity contribution in [1.29, 1.82) is 0 Å². The van der Waals surface area contributed by atoms with Gasteiger partial charge in [-0.2, -0.15) is 0 Å². The molecule has 0 radical (unpaired) electrons. The van der Waals surface area contributed by atoms with Crippen LogP contribution in [0.4, 0.5) is 4.79 Å². The Morgan fingerprint density at radius 1 is 1.28 bits per heavy atom. The van der Waals surface area contributed by atoms with Crippen LogP contribution in [0.3, 0.4) is 0 Å². The van der Waals surface area contributed by atoms with Crippen molar-refractivity contribution in [2.75, 3.05) is 13.1 Å². The second-order valence-corrected chi connectivity index (χ2v) is 7.13. The molecule has 0 unspecified atom stereocenters. The van der Waals surface area contributed by atoms with E-state index in [0.717, 1.165) is 6.42 Å². The van der Waals surface area contributed by atoms with Gasteiger partial charge in [0.05, 0.1) is 0 Å². The lowest BCUT2D eigenvalue weighted by molar-refractivity contribution is 0.149. The predicted octanol–water partition coefficient (Wildman–Crippen LogP) is 3.40. The first-order chi connectivity index (χ1) is 8.23. The minimum Gasteiger partial charge on any atom is -0.465 e. The van der Waals surface area contributed by atoms with Gasteiger partial charge in [-0.3, -0.25) is 0 Å². The van der Waals surface area contributed by atoms with Crippen molar-refractivity contribution in [2.45, 2.75) is 46.8 Å². The summed E-state index contributed by atoms with van der Waals surface area (Å²) in [7, 11) is 0. The van der Waals surface area contributed by atoms with Crippen molar-refractivity contribution < 1.29 is 9.90 Å². The Labute approximate surface area is 110 Å². The van der Waals surface area contributed by atoms with Crippen LogP contribution in [0.2, 0.25) is 12.6 Å². The van der Waals surface area contributed by atoms with Crippen LogP contribution in [0, 0.1) is 10.8 Å². The topological polar surface area (TPSA) is 40.5 Å². The molecule has 100 valence electrons. The van der Waals surface area contributed by atoms with Crippen LogP contribution < -0.4 is 0 Å². The molecule has 0 saturated carbocycles. The molecule has 0 atom stereocenters. The van der Waals surface area contributed by atoms with Gasteiger partial charge >= 0.3 is 6.09 Å². The molecule has 18 heavy (non-hydrogen) atoms. The lowest BCUT2D eigenvalue weighted by atomic mass is 9.40. The van der Waals surface area contributed by atoms with E-state index in [2.05, 4.69) is 33.8 Å². The summed E-state index contributed by atoms with van der Waals surface area (Å²) >= 11 is 0. The van der Waals surface area contributed by atoms with Crippen molar-refractivity contribution >= 4 is 12.8 Å². The maximum atomic E-state index is 10.9. The number of nitrogens with zero attached hydrogens (tertiary/aromatic N) is 1. The predicted molar refractivity (Wildman–Crippen MR) is 75.2 cm³/mol. The van der Waals surface area contributed by atoms with E-state index in [-0.39, 0.29) is 0 Å². The normalized spacial score (nSPS) is 26.1. The van der Waals surface area contributed by atoms with E-state index in [1.807, 2.05) is 0 Å². The average molecular weight is 249 g/mol. The van der Waals surface area contributed by atoms with Gasteiger partial charge in [0.15, 0.2) is 6.71 Å². The van der Waals surface area contributed by atoms with Crippen LogP contribution in [0.15, 0.2) is 11.5 Å². The Kier molecular flexibility index (Phi) is 3.24. The second-order valence-electron chi connectivity index (χ2n) is 7.13. The fourth-order valence-corrected chi connectivity index (χ4v) is 3.35. The quantitative estimate of drug-likeness (QED) is 0.723. The average Bonchev–Trinajstić information content (AvgIpc) is 2.48. The molecular weight excluding hydrogens is 225 g/mol. The molecule has 0 aromatic heterocycles. The summed E-state index contributed by atoms with van der Waals surface area (Å²) in [6.07, 6.45) is 4.75. The van der Waals surface area contributed by atoms with E-state index in [4.69, 9.17) is 5.11 Å². The maximum Gasteiger partial charge on any atom is 0.407 e. The Morgan fingerprint density at radius 3 is 2.22 bits per heavy atom. The summed E-state index contributed by atoms with van der Waals surface area (Å²) in [4.78, 5) is 12.4. The monoisotopic (exact) mass is 249 g/mol. The third kappa shape index (κ3) is 2.29. The zero-order chi connectivity index (χ0) is 13.6. The molecule has 2 rings (SSSR count). The van der Waals surface area contributed by atoms with Gasteiger partial charge in [-0.15, -0.1) is 5.47 Å². The van der Waals surface area contributed by atoms with Gasteiger partial charge < -0.3 is 10.0 Å². The van der Waals surface area contributed by atoms with E-state index in [1.165, 1.54) is 23.0 Å². The second kappa shape index (κ2) is 4.32. The Balaban J connectivity index is 2.06. The molecule has 0 bridgehead atoms. The molecule has 1 N–H and O–H groups in total. The number of carboxylic acid groups (broad SMARTS) is 1. The first-order valence-corrected chi connectivity index (χ1v) is 6.90. The molecule has 1 amide bonds. The Bertz CT molecular complexity index is 371. The lowest BCUT2D eigenvalue weighted by Gasteiger charge is -2.35. The van der Waals surface area contributed by atoms with E-state index in [1.54, 1.807) is 0 Å². The molecule has 1 saturated heterocycles. The van der Waals surface area contributed by atoms with Crippen LogP contribution in [0.25, 0.3) is 0 Å². The minimum absolute atomic E-state index is 0.377. The first kappa shape index (κ1) is 13.5. The van der Waals surface area contributed by atoms with Gasteiger partial charge in [-0.1, -0.05) is 46.4 Å². The van der Waals surface area contributed by atoms with Crippen LogP contribution in [0.5, 0.6) is 0 Å². The minimum atomic E-state index is -0.794. The van der Waals surface area contributed by atoms with Gasteiger partial charge in [0.25, 0.3) is 0 Å². The molecule has 0 spiro atoms. The molecule has 0 aliphatic carbocycles. The van der Waals surface area contributed by atoms with Gasteiger partial charge in [-0.25, -0.2) is 4.79 Å².